The number of nitrogens with zero attached hydrogens (tertiary/aromatic N) is 2. The Balaban J connectivity index is 1.82. The summed E-state index contributed by atoms with van der Waals surface area (Å²) in [5, 5.41) is 12.8. The highest BCUT2D eigenvalue weighted by Crippen LogP contribution is 2.18. The van der Waals surface area contributed by atoms with E-state index in [1.807, 2.05) is 24.3 Å². The van der Waals surface area contributed by atoms with E-state index in [4.69, 9.17) is 9.15 Å². The zero-order valence-electron chi connectivity index (χ0n) is 13.4. The standard InChI is InChI=1S/C15H18N4O4S/c1-3-16-14(21)17-12(20)9-24-15-19-18-13(23-15)8-10-4-6-11(22-2)7-5-10/h4-7H,3,8-9H2,1-2H3,(H2,16,17,20,21). The van der Waals surface area contributed by atoms with E-state index in [1.165, 1.54) is 0 Å². The monoisotopic (exact) mass is 350 g/mol. The molecule has 9 heteroatoms. The molecule has 0 spiro atoms. The maximum absolute atomic E-state index is 11.6. The Hall–Kier alpha value is -2.55. The predicted octanol–water partition coefficient (Wildman–Crippen LogP) is 1.61. The Kier molecular flexibility index (Phi) is 6.62. The van der Waals surface area contributed by atoms with Gasteiger partial charge >= 0.3 is 6.03 Å². The Morgan fingerprint density at radius 1 is 1.25 bits per heavy atom. The van der Waals surface area contributed by atoms with E-state index in [2.05, 4.69) is 20.8 Å². The lowest BCUT2D eigenvalue weighted by molar-refractivity contribution is -0.117. The maximum Gasteiger partial charge on any atom is 0.321 e. The van der Waals surface area contributed by atoms with Crippen LogP contribution in [0.2, 0.25) is 0 Å². The van der Waals surface area contributed by atoms with Crippen molar-refractivity contribution in [3.8, 4) is 5.75 Å². The lowest BCUT2D eigenvalue weighted by Gasteiger charge is -2.02. The van der Waals surface area contributed by atoms with Crippen LogP contribution in [0.1, 0.15) is 18.4 Å². The van der Waals surface area contributed by atoms with E-state index >= 15 is 0 Å². The highest BCUT2D eigenvalue weighted by molar-refractivity contribution is 7.99. The van der Waals surface area contributed by atoms with Gasteiger partial charge in [-0.25, -0.2) is 4.79 Å². The molecule has 0 saturated carbocycles. The summed E-state index contributed by atoms with van der Waals surface area (Å²) in [5.74, 6) is 0.813. The van der Waals surface area contributed by atoms with Gasteiger partial charge < -0.3 is 14.5 Å². The molecule has 3 amide bonds. The first-order valence-corrected chi connectivity index (χ1v) is 8.25. The lowest BCUT2D eigenvalue weighted by Crippen LogP contribution is -2.40. The predicted molar refractivity (Wildman–Crippen MR) is 88.0 cm³/mol. The summed E-state index contributed by atoms with van der Waals surface area (Å²) in [6.07, 6.45) is 0.489. The fourth-order valence-corrected chi connectivity index (χ4v) is 2.36. The molecule has 0 saturated heterocycles. The Labute approximate surface area is 143 Å². The van der Waals surface area contributed by atoms with Crippen molar-refractivity contribution >= 4 is 23.7 Å². The molecule has 1 aromatic carbocycles. The summed E-state index contributed by atoms with van der Waals surface area (Å²) in [6.45, 7) is 2.21. The number of thioether (sulfide) groups is 1. The van der Waals surface area contributed by atoms with Crippen LogP contribution in [0.3, 0.4) is 0 Å². The van der Waals surface area contributed by atoms with E-state index in [1.54, 1.807) is 14.0 Å². The number of benzene rings is 1. The number of urea groups is 1. The largest absolute Gasteiger partial charge is 0.497 e. The van der Waals surface area contributed by atoms with Gasteiger partial charge in [-0.2, -0.15) is 0 Å². The van der Waals surface area contributed by atoms with Crippen molar-refractivity contribution in [2.24, 2.45) is 0 Å². The van der Waals surface area contributed by atoms with Crippen molar-refractivity contribution in [2.75, 3.05) is 19.4 Å². The molecule has 0 aliphatic heterocycles. The third-order valence-electron chi connectivity index (χ3n) is 2.88. The molecule has 1 heterocycles. The number of hydrogen-bond acceptors (Lipinski definition) is 7. The van der Waals surface area contributed by atoms with Crippen LogP contribution < -0.4 is 15.4 Å². The molecular formula is C15H18N4O4S. The molecule has 24 heavy (non-hydrogen) atoms. The van der Waals surface area contributed by atoms with Crippen molar-refractivity contribution in [3.05, 3.63) is 35.7 Å². The molecule has 128 valence electrons. The van der Waals surface area contributed by atoms with Gasteiger partial charge in [0.2, 0.25) is 11.8 Å². The van der Waals surface area contributed by atoms with Gasteiger partial charge in [-0.05, 0) is 24.6 Å². The number of methoxy groups -OCH3 is 1. The summed E-state index contributed by atoms with van der Waals surface area (Å²) in [6, 6.07) is 7.01. The second-order valence-electron chi connectivity index (χ2n) is 4.68. The molecule has 8 nitrogen and oxygen atoms in total. The Morgan fingerprint density at radius 3 is 2.67 bits per heavy atom. The van der Waals surface area contributed by atoms with Gasteiger partial charge in [0.15, 0.2) is 0 Å². The number of hydrogen-bond donors (Lipinski definition) is 2. The molecule has 0 fully saturated rings. The molecule has 0 atom stereocenters. The quantitative estimate of drug-likeness (QED) is 0.731. The maximum atomic E-state index is 11.6. The van der Waals surface area contributed by atoms with Gasteiger partial charge in [0, 0.05) is 6.54 Å². The van der Waals surface area contributed by atoms with Gasteiger partial charge in [-0.3, -0.25) is 10.1 Å². The molecule has 0 unspecified atom stereocenters. The topological polar surface area (TPSA) is 106 Å². The molecule has 0 aliphatic carbocycles. The Morgan fingerprint density at radius 2 is 2.00 bits per heavy atom. The number of imide groups is 1. The van der Waals surface area contributed by atoms with Crippen LogP contribution in [0.5, 0.6) is 5.75 Å². The highest BCUT2D eigenvalue weighted by atomic mass is 32.2. The van der Waals surface area contributed by atoms with Crippen LogP contribution >= 0.6 is 11.8 Å². The van der Waals surface area contributed by atoms with Gasteiger partial charge in [-0.15, -0.1) is 10.2 Å². The minimum atomic E-state index is -0.520. The van der Waals surface area contributed by atoms with E-state index in [9.17, 15) is 9.59 Å². The zero-order chi connectivity index (χ0) is 17.4. The molecule has 2 rings (SSSR count). The molecule has 0 radical (unpaired) electrons. The number of rotatable bonds is 7. The summed E-state index contributed by atoms with van der Waals surface area (Å²) in [5.41, 5.74) is 1.00. The van der Waals surface area contributed by atoms with Crippen molar-refractivity contribution < 1.29 is 18.7 Å². The van der Waals surface area contributed by atoms with E-state index in [0.717, 1.165) is 23.1 Å². The number of nitrogens with one attached hydrogen (secondary N) is 2. The summed E-state index contributed by atoms with van der Waals surface area (Å²) < 4.78 is 10.6. The van der Waals surface area contributed by atoms with Gasteiger partial charge in [0.25, 0.3) is 5.22 Å². The number of aromatic nitrogens is 2. The van der Waals surface area contributed by atoms with Crippen molar-refractivity contribution in [2.45, 2.75) is 18.6 Å². The summed E-state index contributed by atoms with van der Waals surface area (Å²) in [4.78, 5) is 22.8. The smallest absolute Gasteiger partial charge is 0.321 e. The van der Waals surface area contributed by atoms with Crippen molar-refractivity contribution in [3.63, 3.8) is 0 Å². The van der Waals surface area contributed by atoms with Crippen LogP contribution in [0, 0.1) is 0 Å². The van der Waals surface area contributed by atoms with Crippen molar-refractivity contribution in [1.29, 1.82) is 0 Å². The van der Waals surface area contributed by atoms with Crippen LogP contribution in [0.25, 0.3) is 0 Å². The first kappa shape index (κ1) is 17.8. The fraction of sp³-hybridized carbons (Fsp3) is 0.333. The van der Waals surface area contributed by atoms with Gasteiger partial charge in [-0.1, -0.05) is 23.9 Å². The molecular weight excluding hydrogens is 332 g/mol. The SMILES string of the molecule is CCNC(=O)NC(=O)CSc1nnc(Cc2ccc(OC)cc2)o1. The summed E-state index contributed by atoms with van der Waals surface area (Å²) in [7, 11) is 1.61. The zero-order valence-corrected chi connectivity index (χ0v) is 14.2. The van der Waals surface area contributed by atoms with Crippen LogP contribution in [0.4, 0.5) is 4.79 Å². The first-order valence-electron chi connectivity index (χ1n) is 7.26. The van der Waals surface area contributed by atoms with E-state index in [-0.39, 0.29) is 11.0 Å². The fourth-order valence-electron chi connectivity index (χ4n) is 1.78. The number of carbonyl (C=O) groups excluding carboxylic acids is 2. The lowest BCUT2D eigenvalue weighted by atomic mass is 10.1. The third kappa shape index (κ3) is 5.58. The van der Waals surface area contributed by atoms with Crippen LogP contribution in [0.15, 0.2) is 33.9 Å². The van der Waals surface area contributed by atoms with Crippen LogP contribution in [-0.4, -0.2) is 41.5 Å². The number of ether oxygens (including phenoxy) is 1. The molecule has 1 aromatic heterocycles. The number of amides is 3. The minimum Gasteiger partial charge on any atom is -0.497 e. The summed E-state index contributed by atoms with van der Waals surface area (Å²) >= 11 is 1.07. The Bertz CT molecular complexity index is 687. The number of carbonyl (C=O) groups is 2. The third-order valence-corrected chi connectivity index (χ3v) is 3.70. The molecule has 0 aliphatic rings. The first-order chi connectivity index (χ1) is 11.6. The molecule has 2 N–H and O–H groups in total. The van der Waals surface area contributed by atoms with Gasteiger partial charge in [0.05, 0.1) is 19.3 Å². The second kappa shape index (κ2) is 8.92. The van der Waals surface area contributed by atoms with Crippen molar-refractivity contribution in [1.82, 2.24) is 20.8 Å². The average Bonchev–Trinajstić information content (AvgIpc) is 3.01. The van der Waals surface area contributed by atoms with E-state index in [0.29, 0.717) is 18.9 Å². The van der Waals surface area contributed by atoms with Crippen LogP contribution in [-0.2, 0) is 11.2 Å². The average molecular weight is 350 g/mol. The molecule has 2 aromatic rings. The normalized spacial score (nSPS) is 10.2. The minimum absolute atomic E-state index is 0.0152. The van der Waals surface area contributed by atoms with Gasteiger partial charge in [0.1, 0.15) is 5.75 Å². The highest BCUT2D eigenvalue weighted by Gasteiger charge is 2.12. The molecule has 0 bridgehead atoms. The second-order valence-corrected chi connectivity index (χ2v) is 5.61. The van der Waals surface area contributed by atoms with E-state index < -0.39 is 11.9 Å².